The summed E-state index contributed by atoms with van der Waals surface area (Å²) in [6.07, 6.45) is -0.796. The number of nitrogens with zero attached hydrogens (tertiary/aromatic N) is 2. The smallest absolute Gasteiger partial charge is 0.351 e. The first-order chi connectivity index (χ1) is 18.7. The largest absolute Gasteiger partial charge is 0.383 e. The third-order valence-electron chi connectivity index (χ3n) is 6.38. The van der Waals surface area contributed by atoms with Crippen molar-refractivity contribution in [3.05, 3.63) is 130 Å². The van der Waals surface area contributed by atoms with E-state index in [-0.39, 0.29) is 12.4 Å². The molecular formula is C30H31N3O5. The van der Waals surface area contributed by atoms with Gasteiger partial charge in [-0.1, -0.05) is 91.0 Å². The van der Waals surface area contributed by atoms with Gasteiger partial charge in [0, 0.05) is 6.20 Å². The van der Waals surface area contributed by atoms with Gasteiger partial charge in [0.2, 0.25) is 0 Å². The zero-order chi connectivity index (χ0) is 26.2. The lowest BCUT2D eigenvalue weighted by Crippen LogP contribution is -2.40. The van der Waals surface area contributed by atoms with Crippen molar-refractivity contribution >= 4 is 5.82 Å². The van der Waals surface area contributed by atoms with Crippen LogP contribution in [-0.4, -0.2) is 34.5 Å². The van der Waals surface area contributed by atoms with Crippen LogP contribution < -0.4 is 11.4 Å². The van der Waals surface area contributed by atoms with Gasteiger partial charge in [0.05, 0.1) is 26.4 Å². The van der Waals surface area contributed by atoms with Crippen molar-refractivity contribution in [1.82, 2.24) is 9.55 Å². The van der Waals surface area contributed by atoms with E-state index in [0.717, 1.165) is 16.7 Å². The molecule has 8 nitrogen and oxygen atoms in total. The molecule has 1 fully saturated rings. The normalized spacial score (nSPS) is 20.9. The third kappa shape index (κ3) is 6.54. The number of hydrogen-bond acceptors (Lipinski definition) is 7. The Morgan fingerprint density at radius 1 is 0.737 bits per heavy atom. The predicted octanol–water partition coefficient (Wildman–Crippen LogP) is 4.11. The van der Waals surface area contributed by atoms with Crippen LogP contribution >= 0.6 is 0 Å². The molecule has 1 saturated heterocycles. The molecule has 4 atom stereocenters. The molecule has 1 aliphatic heterocycles. The molecule has 0 radical (unpaired) electrons. The Morgan fingerprint density at radius 3 is 1.82 bits per heavy atom. The van der Waals surface area contributed by atoms with Gasteiger partial charge in [-0.15, -0.1) is 0 Å². The Bertz CT molecular complexity index is 1330. The van der Waals surface area contributed by atoms with E-state index in [2.05, 4.69) is 4.98 Å². The SMILES string of the molecule is Nc1ccn([C@@H]2O[C@@H](COCc3ccccc3)[C@H](OCc3ccccc3)[C@H]2OCc2ccccc2)c(=O)n1. The number of rotatable bonds is 11. The van der Waals surface area contributed by atoms with Crippen LogP contribution in [0.2, 0.25) is 0 Å². The van der Waals surface area contributed by atoms with Gasteiger partial charge in [-0.05, 0) is 22.8 Å². The van der Waals surface area contributed by atoms with E-state index in [1.165, 1.54) is 4.57 Å². The fourth-order valence-corrected chi connectivity index (χ4v) is 4.47. The van der Waals surface area contributed by atoms with Gasteiger partial charge in [0.1, 0.15) is 24.1 Å². The van der Waals surface area contributed by atoms with Gasteiger partial charge in [-0.25, -0.2) is 4.79 Å². The average Bonchev–Trinajstić information content (AvgIpc) is 3.29. The molecule has 1 aliphatic rings. The second-order valence-electron chi connectivity index (χ2n) is 9.13. The molecular weight excluding hydrogens is 482 g/mol. The van der Waals surface area contributed by atoms with Crippen LogP contribution in [-0.2, 0) is 38.8 Å². The van der Waals surface area contributed by atoms with E-state index in [1.807, 2.05) is 91.0 Å². The molecule has 3 aromatic carbocycles. The number of benzene rings is 3. The van der Waals surface area contributed by atoms with Crippen LogP contribution in [0.15, 0.2) is 108 Å². The molecule has 0 amide bonds. The van der Waals surface area contributed by atoms with Crippen molar-refractivity contribution in [2.75, 3.05) is 12.3 Å². The summed E-state index contributed by atoms with van der Waals surface area (Å²) >= 11 is 0. The molecule has 0 aliphatic carbocycles. The minimum Gasteiger partial charge on any atom is -0.383 e. The maximum Gasteiger partial charge on any atom is 0.351 e. The predicted molar refractivity (Wildman–Crippen MR) is 143 cm³/mol. The second kappa shape index (κ2) is 12.6. The summed E-state index contributed by atoms with van der Waals surface area (Å²) in [5, 5.41) is 0. The summed E-state index contributed by atoms with van der Waals surface area (Å²) in [5.41, 5.74) is 8.30. The van der Waals surface area contributed by atoms with Crippen molar-refractivity contribution in [2.45, 2.75) is 44.4 Å². The van der Waals surface area contributed by atoms with Crippen molar-refractivity contribution < 1.29 is 18.9 Å². The van der Waals surface area contributed by atoms with E-state index in [4.69, 9.17) is 24.7 Å². The molecule has 0 bridgehead atoms. The van der Waals surface area contributed by atoms with Crippen molar-refractivity contribution in [3.8, 4) is 0 Å². The average molecular weight is 514 g/mol. The molecule has 8 heteroatoms. The van der Waals surface area contributed by atoms with Crippen LogP contribution in [0.3, 0.4) is 0 Å². The summed E-state index contributed by atoms with van der Waals surface area (Å²) in [7, 11) is 0. The summed E-state index contributed by atoms with van der Waals surface area (Å²) in [6.45, 7) is 1.37. The molecule has 38 heavy (non-hydrogen) atoms. The van der Waals surface area contributed by atoms with Crippen molar-refractivity contribution in [1.29, 1.82) is 0 Å². The van der Waals surface area contributed by atoms with Crippen molar-refractivity contribution in [2.24, 2.45) is 0 Å². The highest BCUT2D eigenvalue weighted by Gasteiger charge is 2.48. The highest BCUT2D eigenvalue weighted by atomic mass is 16.6. The van der Waals surface area contributed by atoms with Gasteiger partial charge in [0.15, 0.2) is 6.23 Å². The first-order valence-corrected chi connectivity index (χ1v) is 12.6. The van der Waals surface area contributed by atoms with E-state index in [1.54, 1.807) is 12.3 Å². The summed E-state index contributed by atoms with van der Waals surface area (Å²) in [4.78, 5) is 16.7. The molecule has 2 N–H and O–H groups in total. The maximum absolute atomic E-state index is 12.8. The Kier molecular flexibility index (Phi) is 8.57. The summed E-state index contributed by atoms with van der Waals surface area (Å²) in [5.74, 6) is 0.144. The standard InChI is InChI=1S/C30H31N3O5/c31-26-16-17-33(30(34)32-26)29-28(37-20-24-14-8-3-9-15-24)27(36-19-23-12-6-2-7-13-23)25(38-29)21-35-18-22-10-4-1-5-11-22/h1-17,25,27-29H,18-21H2,(H2,31,32,34)/t25-,27-,28+,29+/m0/s1. The molecule has 0 saturated carbocycles. The molecule has 2 heterocycles. The number of nitrogen functional groups attached to an aromatic ring is 1. The Hall–Kier alpha value is -3.82. The number of ether oxygens (including phenoxy) is 4. The number of hydrogen-bond donors (Lipinski definition) is 1. The van der Waals surface area contributed by atoms with E-state index in [0.29, 0.717) is 19.8 Å². The molecule has 196 valence electrons. The lowest BCUT2D eigenvalue weighted by atomic mass is 10.1. The van der Waals surface area contributed by atoms with Gasteiger partial charge in [0.25, 0.3) is 0 Å². The topological polar surface area (TPSA) is 97.8 Å². The summed E-state index contributed by atoms with van der Waals surface area (Å²) < 4.78 is 26.7. The van der Waals surface area contributed by atoms with Gasteiger partial charge < -0.3 is 24.7 Å². The highest BCUT2D eigenvalue weighted by Crippen LogP contribution is 2.34. The van der Waals surface area contributed by atoms with Crippen LogP contribution in [0, 0.1) is 0 Å². The summed E-state index contributed by atoms with van der Waals surface area (Å²) in [6, 6.07) is 31.2. The lowest BCUT2D eigenvalue weighted by Gasteiger charge is -2.25. The lowest BCUT2D eigenvalue weighted by molar-refractivity contribution is -0.0921. The van der Waals surface area contributed by atoms with Gasteiger partial charge in [-0.3, -0.25) is 4.57 Å². The minimum absolute atomic E-state index is 0.144. The van der Waals surface area contributed by atoms with Crippen LogP contribution in [0.1, 0.15) is 22.9 Å². The zero-order valence-corrected chi connectivity index (χ0v) is 21.0. The van der Waals surface area contributed by atoms with Gasteiger partial charge >= 0.3 is 5.69 Å². The number of nitrogens with two attached hydrogens (primary N) is 1. The maximum atomic E-state index is 12.8. The number of anilines is 1. The third-order valence-corrected chi connectivity index (χ3v) is 6.38. The highest BCUT2D eigenvalue weighted by molar-refractivity contribution is 5.24. The minimum atomic E-state index is -0.773. The first-order valence-electron chi connectivity index (χ1n) is 12.6. The Morgan fingerprint density at radius 2 is 1.26 bits per heavy atom. The van der Waals surface area contributed by atoms with Crippen LogP contribution in [0.25, 0.3) is 0 Å². The van der Waals surface area contributed by atoms with E-state index in [9.17, 15) is 4.79 Å². The van der Waals surface area contributed by atoms with E-state index < -0.39 is 30.2 Å². The van der Waals surface area contributed by atoms with Gasteiger partial charge in [-0.2, -0.15) is 4.98 Å². The fourth-order valence-electron chi connectivity index (χ4n) is 4.47. The molecule has 0 unspecified atom stereocenters. The zero-order valence-electron chi connectivity index (χ0n) is 21.0. The Labute approximate surface area is 221 Å². The van der Waals surface area contributed by atoms with Crippen molar-refractivity contribution in [3.63, 3.8) is 0 Å². The first kappa shape index (κ1) is 25.8. The second-order valence-corrected chi connectivity index (χ2v) is 9.13. The molecule has 1 aromatic heterocycles. The quantitative estimate of drug-likeness (QED) is 0.322. The van der Waals surface area contributed by atoms with Crippen LogP contribution in [0.4, 0.5) is 5.82 Å². The van der Waals surface area contributed by atoms with E-state index >= 15 is 0 Å². The molecule has 5 rings (SSSR count). The molecule has 4 aromatic rings. The van der Waals surface area contributed by atoms with Crippen LogP contribution in [0.5, 0.6) is 0 Å². The Balaban J connectivity index is 1.40. The fraction of sp³-hybridized carbons (Fsp3) is 0.267. The number of aromatic nitrogens is 2. The monoisotopic (exact) mass is 513 g/mol. The molecule has 0 spiro atoms.